The molecule has 128 valence electrons. The fourth-order valence-electron chi connectivity index (χ4n) is 2.64. The summed E-state index contributed by atoms with van der Waals surface area (Å²) in [5.41, 5.74) is 1.99. The zero-order chi connectivity index (χ0) is 17.1. The van der Waals surface area contributed by atoms with Gasteiger partial charge in [-0.15, -0.1) is 0 Å². The Labute approximate surface area is 151 Å². The summed E-state index contributed by atoms with van der Waals surface area (Å²) in [7, 11) is 0. The highest BCUT2D eigenvalue weighted by atomic mass is 35.5. The van der Waals surface area contributed by atoms with Crippen molar-refractivity contribution in [1.82, 2.24) is 15.5 Å². The number of halogens is 1. The second-order valence-corrected chi connectivity index (χ2v) is 6.62. The number of hydrogen-bond donors (Lipinski definition) is 1. The highest BCUT2D eigenvalue weighted by Gasteiger charge is 2.20. The van der Waals surface area contributed by atoms with Crippen molar-refractivity contribution in [3.8, 4) is 17.1 Å². The molecule has 2 aromatic carbocycles. The summed E-state index contributed by atoms with van der Waals surface area (Å²) in [6.45, 7) is 2.55. The fourth-order valence-corrected chi connectivity index (χ4v) is 2.77. The fraction of sp³-hybridized carbons (Fsp3) is 0.263. The van der Waals surface area contributed by atoms with Crippen molar-refractivity contribution < 1.29 is 9.26 Å². The lowest BCUT2D eigenvalue weighted by Gasteiger charge is -2.25. The normalized spacial score (nSPS) is 14.3. The summed E-state index contributed by atoms with van der Waals surface area (Å²) in [6, 6.07) is 15.3. The van der Waals surface area contributed by atoms with E-state index in [4.69, 9.17) is 20.9 Å². The molecule has 3 aromatic rings. The summed E-state index contributed by atoms with van der Waals surface area (Å²) < 4.78 is 11.1. The quantitative estimate of drug-likeness (QED) is 0.730. The smallest absolute Gasteiger partial charge is 0.227 e. The zero-order valence-electron chi connectivity index (χ0n) is 13.6. The number of nitrogens with zero attached hydrogens (tertiary/aromatic N) is 2. The predicted octanol–water partition coefficient (Wildman–Crippen LogP) is 3.73. The van der Waals surface area contributed by atoms with E-state index in [0.29, 0.717) is 24.2 Å². The van der Waals surface area contributed by atoms with Crippen LogP contribution < -0.4 is 10.1 Å². The topological polar surface area (TPSA) is 60.2 Å². The molecule has 1 aromatic heterocycles. The first-order valence-corrected chi connectivity index (χ1v) is 8.65. The second kappa shape index (κ2) is 7.25. The molecule has 0 bridgehead atoms. The Bertz CT molecular complexity index is 827. The first-order chi connectivity index (χ1) is 12.3. The number of ether oxygens (including phenoxy) is 1. The molecule has 0 atom stereocenters. The monoisotopic (exact) mass is 355 g/mol. The van der Waals surface area contributed by atoms with E-state index in [0.717, 1.165) is 41.4 Å². The van der Waals surface area contributed by atoms with E-state index < -0.39 is 0 Å². The van der Waals surface area contributed by atoms with Crippen LogP contribution in [-0.4, -0.2) is 23.2 Å². The molecule has 0 spiro atoms. The van der Waals surface area contributed by atoms with Crippen LogP contribution in [0.25, 0.3) is 11.4 Å². The van der Waals surface area contributed by atoms with Crippen LogP contribution in [0.1, 0.15) is 11.5 Å². The molecular weight excluding hydrogens is 338 g/mol. The number of rotatable bonds is 6. The molecular formula is C19H18ClN3O2. The minimum Gasteiger partial charge on any atom is -0.489 e. The Hall–Kier alpha value is -2.37. The van der Waals surface area contributed by atoms with E-state index >= 15 is 0 Å². The van der Waals surface area contributed by atoms with Gasteiger partial charge < -0.3 is 14.6 Å². The van der Waals surface area contributed by atoms with Crippen molar-refractivity contribution in [3.63, 3.8) is 0 Å². The van der Waals surface area contributed by atoms with Gasteiger partial charge >= 0.3 is 0 Å². The van der Waals surface area contributed by atoms with Crippen LogP contribution in [-0.2, 0) is 13.0 Å². The molecule has 1 fully saturated rings. The Morgan fingerprint density at radius 2 is 1.84 bits per heavy atom. The molecule has 0 aliphatic carbocycles. The van der Waals surface area contributed by atoms with Gasteiger partial charge in [0, 0.05) is 17.0 Å². The summed E-state index contributed by atoms with van der Waals surface area (Å²) in [5, 5.41) is 8.04. The van der Waals surface area contributed by atoms with Gasteiger partial charge in [0.25, 0.3) is 0 Å². The number of nitrogens with one attached hydrogen (secondary N) is 1. The third-order valence-corrected chi connectivity index (χ3v) is 4.48. The molecule has 4 rings (SSSR count). The van der Waals surface area contributed by atoms with Gasteiger partial charge in [-0.25, -0.2) is 0 Å². The van der Waals surface area contributed by atoms with Gasteiger partial charge in [0.05, 0.1) is 0 Å². The van der Waals surface area contributed by atoms with Crippen LogP contribution >= 0.6 is 11.6 Å². The second-order valence-electron chi connectivity index (χ2n) is 6.18. The van der Waals surface area contributed by atoms with Crippen molar-refractivity contribution in [2.24, 2.45) is 5.92 Å². The Morgan fingerprint density at radius 1 is 1.08 bits per heavy atom. The molecule has 2 heterocycles. The van der Waals surface area contributed by atoms with E-state index in [9.17, 15) is 0 Å². The molecule has 1 aliphatic heterocycles. The van der Waals surface area contributed by atoms with Crippen LogP contribution in [0.2, 0.25) is 5.02 Å². The SMILES string of the molecule is Clc1ccc(COc2ccc(-c3noc(CC4CNC4)n3)cc2)cc1. The van der Waals surface area contributed by atoms with Crippen molar-refractivity contribution in [2.45, 2.75) is 13.0 Å². The lowest BCUT2D eigenvalue weighted by Crippen LogP contribution is -2.43. The van der Waals surface area contributed by atoms with E-state index in [1.165, 1.54) is 0 Å². The Morgan fingerprint density at radius 3 is 2.52 bits per heavy atom. The first kappa shape index (κ1) is 16.1. The van der Waals surface area contributed by atoms with E-state index in [1.54, 1.807) is 0 Å². The first-order valence-electron chi connectivity index (χ1n) is 8.27. The summed E-state index contributed by atoms with van der Waals surface area (Å²) in [6.07, 6.45) is 0.836. The molecule has 0 amide bonds. The summed E-state index contributed by atoms with van der Waals surface area (Å²) >= 11 is 5.88. The third kappa shape index (κ3) is 4.00. The molecule has 1 N–H and O–H groups in total. The third-order valence-electron chi connectivity index (χ3n) is 4.23. The van der Waals surface area contributed by atoms with Crippen molar-refractivity contribution in [3.05, 3.63) is 65.0 Å². The number of aromatic nitrogens is 2. The van der Waals surface area contributed by atoms with Crippen LogP contribution in [0.15, 0.2) is 53.1 Å². The maximum atomic E-state index is 5.88. The Balaban J connectivity index is 1.37. The van der Waals surface area contributed by atoms with Gasteiger partial charge in [0.1, 0.15) is 12.4 Å². The van der Waals surface area contributed by atoms with Crippen LogP contribution in [0.3, 0.4) is 0 Å². The highest BCUT2D eigenvalue weighted by molar-refractivity contribution is 6.30. The van der Waals surface area contributed by atoms with Gasteiger partial charge in [0.15, 0.2) is 0 Å². The minimum absolute atomic E-state index is 0.498. The van der Waals surface area contributed by atoms with Crippen LogP contribution in [0.4, 0.5) is 0 Å². The van der Waals surface area contributed by atoms with Gasteiger partial charge in [-0.2, -0.15) is 4.98 Å². The van der Waals surface area contributed by atoms with Gasteiger partial charge in [-0.1, -0.05) is 28.9 Å². The van der Waals surface area contributed by atoms with Gasteiger partial charge in [0.2, 0.25) is 11.7 Å². The van der Waals surface area contributed by atoms with E-state index in [2.05, 4.69) is 15.5 Å². The van der Waals surface area contributed by atoms with Crippen LogP contribution in [0, 0.1) is 5.92 Å². The maximum absolute atomic E-state index is 5.88. The van der Waals surface area contributed by atoms with Gasteiger partial charge in [-0.3, -0.25) is 0 Å². The van der Waals surface area contributed by atoms with E-state index in [1.807, 2.05) is 48.5 Å². The molecule has 0 unspecified atom stereocenters. The largest absolute Gasteiger partial charge is 0.489 e. The van der Waals surface area contributed by atoms with Crippen molar-refractivity contribution in [1.29, 1.82) is 0 Å². The zero-order valence-corrected chi connectivity index (χ0v) is 14.4. The van der Waals surface area contributed by atoms with Crippen molar-refractivity contribution in [2.75, 3.05) is 13.1 Å². The van der Waals surface area contributed by atoms with Gasteiger partial charge in [-0.05, 0) is 61.0 Å². The average molecular weight is 356 g/mol. The number of benzene rings is 2. The number of hydrogen-bond acceptors (Lipinski definition) is 5. The molecule has 1 saturated heterocycles. The average Bonchev–Trinajstić information content (AvgIpc) is 3.07. The van der Waals surface area contributed by atoms with Crippen LogP contribution in [0.5, 0.6) is 5.75 Å². The standard InChI is InChI=1S/C19H18ClN3O2/c20-16-5-1-13(2-6-16)12-24-17-7-3-15(4-8-17)19-22-18(25-23-19)9-14-10-21-11-14/h1-8,14,21H,9-12H2. The lowest BCUT2D eigenvalue weighted by molar-refractivity contribution is 0.296. The molecule has 0 radical (unpaired) electrons. The van der Waals surface area contributed by atoms with E-state index in [-0.39, 0.29) is 0 Å². The molecule has 1 aliphatic rings. The molecule has 0 saturated carbocycles. The van der Waals surface area contributed by atoms with Crippen molar-refractivity contribution >= 4 is 11.6 Å². The predicted molar refractivity (Wildman–Crippen MR) is 95.6 cm³/mol. The highest BCUT2D eigenvalue weighted by Crippen LogP contribution is 2.22. The summed E-state index contributed by atoms with van der Waals surface area (Å²) in [5.74, 6) is 2.72. The molecule has 6 heteroatoms. The Kier molecular flexibility index (Phi) is 4.68. The lowest BCUT2D eigenvalue weighted by atomic mass is 10.00. The molecule has 25 heavy (non-hydrogen) atoms. The maximum Gasteiger partial charge on any atom is 0.227 e. The summed E-state index contributed by atoms with van der Waals surface area (Å²) in [4.78, 5) is 4.47. The molecule has 5 nitrogen and oxygen atoms in total. The minimum atomic E-state index is 0.498.